The first-order valence-corrected chi connectivity index (χ1v) is 10.8. The molecule has 0 spiro atoms. The molecule has 2 aromatic rings. The van der Waals surface area contributed by atoms with E-state index in [1.54, 1.807) is 29.2 Å². The Morgan fingerprint density at radius 2 is 1.94 bits per heavy atom. The van der Waals surface area contributed by atoms with Crippen molar-refractivity contribution in [3.8, 4) is 11.5 Å². The van der Waals surface area contributed by atoms with Crippen LogP contribution in [0.15, 0.2) is 52.4 Å². The van der Waals surface area contributed by atoms with Crippen molar-refractivity contribution in [1.82, 2.24) is 4.90 Å². The second-order valence-electron chi connectivity index (χ2n) is 6.35. The highest BCUT2D eigenvalue weighted by Gasteiger charge is 2.32. The van der Waals surface area contributed by atoms with E-state index in [0.29, 0.717) is 28.8 Å². The van der Waals surface area contributed by atoms with Gasteiger partial charge in [-0.1, -0.05) is 17.7 Å². The molecule has 1 fully saturated rings. The summed E-state index contributed by atoms with van der Waals surface area (Å²) in [6.45, 7) is 4.41. The molecule has 0 unspecified atom stereocenters. The Labute approximate surface area is 189 Å². The molecule has 0 radical (unpaired) electrons. The summed E-state index contributed by atoms with van der Waals surface area (Å²) in [4.78, 5) is 30.2. The van der Waals surface area contributed by atoms with E-state index in [2.05, 4.69) is 4.99 Å². The third kappa shape index (κ3) is 5.80. The van der Waals surface area contributed by atoms with Crippen molar-refractivity contribution >= 4 is 52.2 Å². The second kappa shape index (κ2) is 10.4. The molecule has 1 amide bonds. The van der Waals surface area contributed by atoms with E-state index in [0.717, 1.165) is 11.4 Å². The molecule has 1 aliphatic heterocycles. The van der Waals surface area contributed by atoms with Gasteiger partial charge in [0.25, 0.3) is 5.91 Å². The highest BCUT2D eigenvalue weighted by Crippen LogP contribution is 2.35. The van der Waals surface area contributed by atoms with Crippen LogP contribution in [0.25, 0.3) is 6.08 Å². The topological polar surface area (TPSA) is 88.4 Å². The molecule has 9 heteroatoms. The number of carbonyl (C=O) groups is 2. The molecule has 1 aliphatic rings. The number of aliphatic imine (C=N–C) groups is 1. The maximum Gasteiger partial charge on any atom is 0.341 e. The van der Waals surface area contributed by atoms with Gasteiger partial charge in [-0.3, -0.25) is 9.69 Å². The number of rotatable bonds is 8. The molecule has 1 saturated heterocycles. The molecular weight excluding hydrogens is 440 g/mol. The van der Waals surface area contributed by atoms with Gasteiger partial charge in [-0.25, -0.2) is 9.79 Å². The standard InChI is InChI=1S/C22H21ClN2O5S/c1-3-25-21(28)19(12-14-5-10-18(17(23)11-14)30-13-20(26)27)31-22(25)24-15-6-8-16(9-7-15)29-4-2/h5-12H,3-4,13H2,1-2H3,(H,26,27). The average Bonchev–Trinajstić information content (AvgIpc) is 3.03. The number of hydrogen-bond acceptors (Lipinski definition) is 6. The van der Waals surface area contributed by atoms with Crippen molar-refractivity contribution in [2.45, 2.75) is 13.8 Å². The lowest BCUT2D eigenvalue weighted by Crippen LogP contribution is -2.28. The van der Waals surface area contributed by atoms with Crippen LogP contribution in [0.1, 0.15) is 19.4 Å². The molecule has 7 nitrogen and oxygen atoms in total. The fraction of sp³-hybridized carbons (Fsp3) is 0.227. The van der Waals surface area contributed by atoms with Crippen molar-refractivity contribution in [3.05, 3.63) is 58.0 Å². The number of carboxylic acids is 1. The Hall–Kier alpha value is -2.97. The number of carboxylic acid groups (broad SMARTS) is 1. The normalized spacial score (nSPS) is 16.2. The molecule has 0 aliphatic carbocycles. The molecule has 1 heterocycles. The zero-order chi connectivity index (χ0) is 22.4. The summed E-state index contributed by atoms with van der Waals surface area (Å²) in [6.07, 6.45) is 1.73. The maximum absolute atomic E-state index is 12.8. The number of halogens is 1. The Bertz CT molecular complexity index is 1040. The van der Waals surface area contributed by atoms with Gasteiger partial charge in [0.1, 0.15) is 11.5 Å². The maximum atomic E-state index is 12.8. The molecule has 0 bridgehead atoms. The highest BCUT2D eigenvalue weighted by molar-refractivity contribution is 8.18. The molecule has 0 atom stereocenters. The molecule has 162 valence electrons. The van der Waals surface area contributed by atoms with Gasteiger partial charge in [0.05, 0.1) is 22.2 Å². The zero-order valence-electron chi connectivity index (χ0n) is 17.0. The van der Waals surface area contributed by atoms with E-state index in [-0.39, 0.29) is 16.7 Å². The van der Waals surface area contributed by atoms with E-state index in [1.165, 1.54) is 11.8 Å². The highest BCUT2D eigenvalue weighted by atomic mass is 35.5. The smallest absolute Gasteiger partial charge is 0.341 e. The lowest BCUT2D eigenvalue weighted by atomic mass is 10.2. The number of nitrogens with zero attached hydrogens (tertiary/aromatic N) is 2. The minimum atomic E-state index is -1.09. The van der Waals surface area contributed by atoms with Gasteiger partial charge in [-0.05, 0) is 73.6 Å². The summed E-state index contributed by atoms with van der Waals surface area (Å²) in [5, 5.41) is 9.57. The molecule has 0 aromatic heterocycles. The van der Waals surface area contributed by atoms with Crippen LogP contribution >= 0.6 is 23.4 Å². The van der Waals surface area contributed by atoms with Gasteiger partial charge < -0.3 is 14.6 Å². The first kappa shape index (κ1) is 22.7. The Kier molecular flexibility index (Phi) is 7.59. The summed E-state index contributed by atoms with van der Waals surface area (Å²) >= 11 is 7.46. The van der Waals surface area contributed by atoms with Gasteiger partial charge >= 0.3 is 5.97 Å². The predicted octanol–water partition coefficient (Wildman–Crippen LogP) is 4.83. The molecule has 0 saturated carbocycles. The third-order valence-electron chi connectivity index (χ3n) is 4.18. The fourth-order valence-electron chi connectivity index (χ4n) is 2.78. The lowest BCUT2D eigenvalue weighted by Gasteiger charge is -2.12. The van der Waals surface area contributed by atoms with E-state index in [9.17, 15) is 9.59 Å². The number of amidine groups is 1. The fourth-order valence-corrected chi connectivity index (χ4v) is 4.09. The van der Waals surface area contributed by atoms with Gasteiger partial charge in [0.2, 0.25) is 0 Å². The minimum absolute atomic E-state index is 0.139. The molecule has 31 heavy (non-hydrogen) atoms. The van der Waals surface area contributed by atoms with Crippen molar-refractivity contribution in [1.29, 1.82) is 0 Å². The summed E-state index contributed by atoms with van der Waals surface area (Å²) in [7, 11) is 0. The van der Waals surface area contributed by atoms with E-state index >= 15 is 0 Å². The molecule has 3 rings (SSSR count). The number of likely N-dealkylation sites (N-methyl/N-ethyl adjacent to an activating group) is 1. The first-order chi connectivity index (χ1) is 14.9. The van der Waals surface area contributed by atoms with Crippen LogP contribution in [0.4, 0.5) is 5.69 Å². The van der Waals surface area contributed by atoms with E-state index in [1.807, 2.05) is 38.1 Å². The van der Waals surface area contributed by atoms with Crippen LogP contribution < -0.4 is 9.47 Å². The molecule has 1 N–H and O–H groups in total. The first-order valence-electron chi connectivity index (χ1n) is 9.58. The summed E-state index contributed by atoms with van der Waals surface area (Å²) in [6, 6.07) is 12.3. The SMILES string of the molecule is CCOc1ccc(N=C2SC(=Cc3ccc(OCC(=O)O)c(Cl)c3)C(=O)N2CC)cc1. The van der Waals surface area contributed by atoms with Gasteiger partial charge in [-0.2, -0.15) is 0 Å². The second-order valence-corrected chi connectivity index (χ2v) is 7.77. The third-order valence-corrected chi connectivity index (χ3v) is 5.48. The number of ether oxygens (including phenoxy) is 2. The minimum Gasteiger partial charge on any atom is -0.494 e. The van der Waals surface area contributed by atoms with Crippen molar-refractivity contribution in [3.63, 3.8) is 0 Å². The van der Waals surface area contributed by atoms with Crippen LogP contribution in [0, 0.1) is 0 Å². The lowest BCUT2D eigenvalue weighted by molar-refractivity contribution is -0.139. The van der Waals surface area contributed by atoms with Crippen LogP contribution in [0.2, 0.25) is 5.02 Å². The number of thioether (sulfide) groups is 1. The van der Waals surface area contributed by atoms with Gasteiger partial charge in [0, 0.05) is 6.54 Å². The van der Waals surface area contributed by atoms with Crippen LogP contribution in [-0.2, 0) is 9.59 Å². The van der Waals surface area contributed by atoms with Crippen molar-refractivity contribution in [2.75, 3.05) is 19.8 Å². The van der Waals surface area contributed by atoms with Crippen LogP contribution in [-0.4, -0.2) is 46.8 Å². The van der Waals surface area contributed by atoms with Crippen molar-refractivity contribution < 1.29 is 24.2 Å². The van der Waals surface area contributed by atoms with E-state index in [4.69, 9.17) is 26.2 Å². The van der Waals surface area contributed by atoms with Gasteiger partial charge in [0.15, 0.2) is 11.8 Å². The van der Waals surface area contributed by atoms with Crippen LogP contribution in [0.3, 0.4) is 0 Å². The van der Waals surface area contributed by atoms with Crippen LogP contribution in [0.5, 0.6) is 11.5 Å². The van der Waals surface area contributed by atoms with Crippen molar-refractivity contribution in [2.24, 2.45) is 4.99 Å². The Morgan fingerprint density at radius 3 is 2.55 bits per heavy atom. The number of aliphatic carboxylic acids is 1. The monoisotopic (exact) mass is 460 g/mol. The number of amides is 1. The number of carbonyl (C=O) groups excluding carboxylic acids is 1. The molecular formula is C22H21ClN2O5S. The van der Waals surface area contributed by atoms with Gasteiger partial charge in [-0.15, -0.1) is 0 Å². The average molecular weight is 461 g/mol. The summed E-state index contributed by atoms with van der Waals surface area (Å²) < 4.78 is 10.6. The van der Waals surface area contributed by atoms with E-state index < -0.39 is 12.6 Å². The largest absolute Gasteiger partial charge is 0.494 e. The Morgan fingerprint density at radius 1 is 1.19 bits per heavy atom. The summed E-state index contributed by atoms with van der Waals surface area (Å²) in [5.74, 6) is -0.194. The number of benzene rings is 2. The predicted molar refractivity (Wildman–Crippen MR) is 122 cm³/mol. The Balaban J connectivity index is 1.81. The molecule has 2 aromatic carbocycles. The summed E-state index contributed by atoms with van der Waals surface area (Å²) in [5.41, 5.74) is 1.42. The quantitative estimate of drug-likeness (QED) is 0.568. The number of hydrogen-bond donors (Lipinski definition) is 1. The zero-order valence-corrected chi connectivity index (χ0v) is 18.6.